The smallest absolute Gasteiger partial charge is 0.282 e. The van der Waals surface area contributed by atoms with Gasteiger partial charge in [0.2, 0.25) is 0 Å². The molecule has 1 N–H and O–H groups in total. The Kier molecular flexibility index (Phi) is 2.80. The molecule has 2 aromatic carbocycles. The van der Waals surface area contributed by atoms with Crippen LogP contribution in [0.1, 0.15) is 21.5 Å². The molecular weight excluding hydrogens is 256 g/mol. The molecule has 0 saturated carbocycles. The fourth-order valence-electron chi connectivity index (χ4n) is 2.24. The molecule has 0 bridgehead atoms. The Labute approximate surface area is 114 Å². The van der Waals surface area contributed by atoms with E-state index in [1.54, 1.807) is 18.2 Å². The highest BCUT2D eigenvalue weighted by Crippen LogP contribution is 2.32. The molecule has 0 atom stereocenters. The number of rotatable bonds is 2. The van der Waals surface area contributed by atoms with Crippen LogP contribution in [0, 0.1) is 10.1 Å². The number of nitro benzene ring substituents is 1. The van der Waals surface area contributed by atoms with Crippen molar-refractivity contribution in [1.29, 1.82) is 0 Å². The van der Waals surface area contributed by atoms with Crippen LogP contribution in [-0.4, -0.2) is 10.8 Å². The molecule has 0 spiro atoms. The van der Waals surface area contributed by atoms with E-state index in [2.05, 4.69) is 5.32 Å². The summed E-state index contributed by atoms with van der Waals surface area (Å²) in [6.07, 6.45) is 1.80. The highest BCUT2D eigenvalue weighted by molar-refractivity contribution is 6.14. The van der Waals surface area contributed by atoms with Crippen LogP contribution in [-0.2, 0) is 0 Å². The Morgan fingerprint density at radius 2 is 1.80 bits per heavy atom. The molecule has 2 aromatic rings. The minimum Gasteiger partial charge on any atom is -0.321 e. The number of amides is 1. The molecule has 98 valence electrons. The summed E-state index contributed by atoms with van der Waals surface area (Å²) in [6.45, 7) is 0. The van der Waals surface area contributed by atoms with E-state index in [4.69, 9.17) is 0 Å². The zero-order valence-corrected chi connectivity index (χ0v) is 10.4. The maximum atomic E-state index is 11.9. The second kappa shape index (κ2) is 4.62. The molecule has 0 fully saturated rings. The van der Waals surface area contributed by atoms with Crippen LogP contribution in [0.2, 0.25) is 0 Å². The molecule has 5 heteroatoms. The third kappa shape index (κ3) is 1.95. The maximum Gasteiger partial charge on any atom is 0.282 e. The van der Waals surface area contributed by atoms with Gasteiger partial charge in [-0.1, -0.05) is 42.5 Å². The topological polar surface area (TPSA) is 72.2 Å². The lowest BCUT2D eigenvalue weighted by atomic mass is 10.0. The van der Waals surface area contributed by atoms with Crippen LogP contribution >= 0.6 is 0 Å². The molecule has 20 heavy (non-hydrogen) atoms. The van der Waals surface area contributed by atoms with E-state index in [-0.39, 0.29) is 11.3 Å². The lowest BCUT2D eigenvalue weighted by Gasteiger charge is -2.00. The van der Waals surface area contributed by atoms with Crippen molar-refractivity contribution in [3.8, 4) is 0 Å². The van der Waals surface area contributed by atoms with Gasteiger partial charge in [-0.15, -0.1) is 0 Å². The molecule has 1 aliphatic heterocycles. The van der Waals surface area contributed by atoms with E-state index in [0.29, 0.717) is 11.3 Å². The first kappa shape index (κ1) is 12.1. The number of carbonyl (C=O) groups is 1. The van der Waals surface area contributed by atoms with Gasteiger partial charge in [0.15, 0.2) is 0 Å². The van der Waals surface area contributed by atoms with Crippen molar-refractivity contribution in [2.75, 3.05) is 0 Å². The van der Waals surface area contributed by atoms with Crippen LogP contribution in [0.3, 0.4) is 0 Å². The highest BCUT2D eigenvalue weighted by Gasteiger charge is 2.31. The van der Waals surface area contributed by atoms with Crippen molar-refractivity contribution >= 4 is 23.4 Å². The van der Waals surface area contributed by atoms with Crippen LogP contribution in [0.15, 0.2) is 48.5 Å². The van der Waals surface area contributed by atoms with Gasteiger partial charge in [-0.25, -0.2) is 0 Å². The molecule has 0 aromatic heterocycles. The van der Waals surface area contributed by atoms with E-state index in [0.717, 1.165) is 5.56 Å². The molecule has 1 aliphatic rings. The largest absolute Gasteiger partial charge is 0.321 e. The van der Waals surface area contributed by atoms with E-state index in [9.17, 15) is 14.9 Å². The van der Waals surface area contributed by atoms with Gasteiger partial charge in [0.05, 0.1) is 4.92 Å². The van der Waals surface area contributed by atoms with Gasteiger partial charge in [-0.2, -0.15) is 0 Å². The molecule has 0 unspecified atom stereocenters. The summed E-state index contributed by atoms with van der Waals surface area (Å²) in [6, 6.07) is 14.1. The van der Waals surface area contributed by atoms with Gasteiger partial charge >= 0.3 is 0 Å². The number of nitrogens with one attached hydrogen (secondary N) is 1. The van der Waals surface area contributed by atoms with Gasteiger partial charge in [0.25, 0.3) is 11.6 Å². The molecule has 1 amide bonds. The molecule has 3 rings (SSSR count). The summed E-state index contributed by atoms with van der Waals surface area (Å²) in [4.78, 5) is 22.4. The molecule has 0 aliphatic carbocycles. The molecule has 0 radical (unpaired) electrons. The van der Waals surface area contributed by atoms with Crippen LogP contribution < -0.4 is 5.32 Å². The third-order valence-corrected chi connectivity index (χ3v) is 3.12. The number of nitrogens with zero attached hydrogens (tertiary/aromatic N) is 1. The SMILES string of the molecule is O=C1NC(=Cc2ccccc2)c2cccc([N+](=O)[O-])c21. The summed E-state index contributed by atoms with van der Waals surface area (Å²) in [7, 11) is 0. The second-order valence-electron chi connectivity index (χ2n) is 4.38. The minimum absolute atomic E-state index is 0.125. The van der Waals surface area contributed by atoms with Crippen molar-refractivity contribution in [2.45, 2.75) is 0 Å². The van der Waals surface area contributed by atoms with Crippen molar-refractivity contribution in [1.82, 2.24) is 5.32 Å². The quantitative estimate of drug-likeness (QED) is 0.671. The Bertz CT molecular complexity index is 736. The third-order valence-electron chi connectivity index (χ3n) is 3.12. The first-order chi connectivity index (χ1) is 9.66. The summed E-state index contributed by atoms with van der Waals surface area (Å²) < 4.78 is 0. The van der Waals surface area contributed by atoms with Gasteiger partial charge in [0.1, 0.15) is 5.56 Å². The summed E-state index contributed by atoms with van der Waals surface area (Å²) in [5.74, 6) is -0.436. The van der Waals surface area contributed by atoms with Gasteiger partial charge in [-0.05, 0) is 11.6 Å². The number of nitro groups is 1. The zero-order valence-electron chi connectivity index (χ0n) is 10.4. The van der Waals surface area contributed by atoms with Crippen molar-refractivity contribution in [3.05, 3.63) is 75.3 Å². The fourth-order valence-corrected chi connectivity index (χ4v) is 2.24. The Balaban J connectivity index is 2.14. The van der Waals surface area contributed by atoms with Crippen LogP contribution in [0.4, 0.5) is 5.69 Å². The number of hydrogen-bond donors (Lipinski definition) is 1. The summed E-state index contributed by atoms with van der Waals surface area (Å²) in [5.41, 5.74) is 2.02. The van der Waals surface area contributed by atoms with Crippen molar-refractivity contribution < 1.29 is 9.72 Å². The average Bonchev–Trinajstić information content (AvgIpc) is 2.77. The molecule has 0 saturated heterocycles. The first-order valence-electron chi connectivity index (χ1n) is 6.02. The molecular formula is C15H10N2O3. The Morgan fingerprint density at radius 3 is 2.50 bits per heavy atom. The average molecular weight is 266 g/mol. The number of fused-ring (bicyclic) bond motifs is 1. The van der Waals surface area contributed by atoms with Crippen LogP contribution in [0.5, 0.6) is 0 Å². The van der Waals surface area contributed by atoms with E-state index >= 15 is 0 Å². The monoisotopic (exact) mass is 266 g/mol. The predicted molar refractivity (Wildman–Crippen MR) is 74.9 cm³/mol. The minimum atomic E-state index is -0.538. The summed E-state index contributed by atoms with van der Waals surface area (Å²) in [5, 5.41) is 13.7. The lowest BCUT2D eigenvalue weighted by molar-refractivity contribution is -0.385. The second-order valence-corrected chi connectivity index (χ2v) is 4.38. The number of hydrogen-bond acceptors (Lipinski definition) is 3. The van der Waals surface area contributed by atoms with Gasteiger partial charge < -0.3 is 5.32 Å². The lowest BCUT2D eigenvalue weighted by Crippen LogP contribution is -2.13. The highest BCUT2D eigenvalue weighted by atomic mass is 16.6. The van der Waals surface area contributed by atoms with E-state index < -0.39 is 10.8 Å². The van der Waals surface area contributed by atoms with Crippen molar-refractivity contribution in [3.63, 3.8) is 0 Å². The Hall–Kier alpha value is -2.95. The predicted octanol–water partition coefficient (Wildman–Crippen LogP) is 2.84. The zero-order chi connectivity index (χ0) is 14.1. The number of benzene rings is 2. The summed E-state index contributed by atoms with van der Waals surface area (Å²) >= 11 is 0. The van der Waals surface area contributed by atoms with Crippen molar-refractivity contribution in [2.24, 2.45) is 0 Å². The van der Waals surface area contributed by atoms with E-state index in [1.165, 1.54) is 6.07 Å². The first-order valence-corrected chi connectivity index (χ1v) is 6.02. The normalized spacial score (nSPS) is 15.0. The van der Waals surface area contributed by atoms with Crippen LogP contribution in [0.25, 0.3) is 11.8 Å². The molecule has 1 heterocycles. The standard InChI is InChI=1S/C15H10N2O3/c18-15-14-11(7-4-8-13(14)17(19)20)12(16-15)9-10-5-2-1-3-6-10/h1-9H,(H,16,18). The van der Waals surface area contributed by atoms with Gasteiger partial charge in [0, 0.05) is 17.3 Å². The fraction of sp³-hybridized carbons (Fsp3) is 0. The molecule has 5 nitrogen and oxygen atoms in total. The maximum absolute atomic E-state index is 11.9. The van der Waals surface area contributed by atoms with Gasteiger partial charge in [-0.3, -0.25) is 14.9 Å². The van der Waals surface area contributed by atoms with E-state index in [1.807, 2.05) is 30.3 Å². The Morgan fingerprint density at radius 1 is 1.05 bits per heavy atom. The number of carbonyl (C=O) groups excluding carboxylic acids is 1.